The molecule has 1 heterocycles. The van der Waals surface area contributed by atoms with Crippen LogP contribution in [0.3, 0.4) is 0 Å². The molecule has 0 saturated heterocycles. The number of nitrogens with one attached hydrogen (secondary N) is 1. The third-order valence-electron chi connectivity index (χ3n) is 4.91. The molecule has 0 aliphatic carbocycles. The average Bonchev–Trinajstić information content (AvgIpc) is 2.68. The summed E-state index contributed by atoms with van der Waals surface area (Å²) in [5.41, 5.74) is 3.47. The van der Waals surface area contributed by atoms with Gasteiger partial charge in [-0.25, -0.2) is 4.79 Å². The van der Waals surface area contributed by atoms with Crippen molar-refractivity contribution in [2.75, 3.05) is 5.32 Å². The summed E-state index contributed by atoms with van der Waals surface area (Å²) in [6.45, 7) is 4.53. The Hall–Kier alpha value is -3.27. The number of fused-ring (bicyclic) bond motifs is 2. The van der Waals surface area contributed by atoms with Crippen LogP contribution in [0.2, 0.25) is 0 Å². The van der Waals surface area contributed by atoms with Crippen LogP contribution in [0, 0.1) is 0 Å². The third kappa shape index (κ3) is 3.26. The molecule has 0 aromatic heterocycles. The first-order chi connectivity index (χ1) is 13.1. The number of carbonyl (C=O) groups is 1. The van der Waals surface area contributed by atoms with Gasteiger partial charge in [-0.15, -0.1) is 0 Å². The molecule has 0 bridgehead atoms. The minimum Gasteiger partial charge on any atom is -0.455 e. The van der Waals surface area contributed by atoms with Gasteiger partial charge in [0.05, 0.1) is 5.69 Å². The highest BCUT2D eigenvalue weighted by molar-refractivity contribution is 5.88. The molecular weight excluding hydrogens is 338 g/mol. The van der Waals surface area contributed by atoms with Crippen molar-refractivity contribution in [2.24, 2.45) is 0 Å². The van der Waals surface area contributed by atoms with Crippen LogP contribution >= 0.6 is 0 Å². The van der Waals surface area contributed by atoms with Crippen molar-refractivity contribution < 1.29 is 14.3 Å². The molecule has 0 fully saturated rings. The van der Waals surface area contributed by atoms with E-state index in [2.05, 4.69) is 25.2 Å². The second kappa shape index (κ2) is 6.80. The van der Waals surface area contributed by atoms with E-state index in [4.69, 9.17) is 9.47 Å². The number of para-hydroxylation sites is 2. The number of hydrogen-bond acceptors (Lipinski definition) is 3. The summed E-state index contributed by atoms with van der Waals surface area (Å²) >= 11 is 0. The molecule has 136 valence electrons. The maximum absolute atomic E-state index is 12.3. The maximum atomic E-state index is 12.3. The van der Waals surface area contributed by atoms with Crippen LogP contribution < -0.4 is 10.1 Å². The van der Waals surface area contributed by atoms with E-state index in [1.807, 2.05) is 66.7 Å². The van der Waals surface area contributed by atoms with Crippen LogP contribution in [0.15, 0.2) is 72.8 Å². The lowest BCUT2D eigenvalue weighted by molar-refractivity contribution is 0.155. The smallest absolute Gasteiger partial charge is 0.412 e. The minimum atomic E-state index is -0.507. The zero-order valence-electron chi connectivity index (χ0n) is 15.4. The maximum Gasteiger partial charge on any atom is 0.412 e. The summed E-state index contributed by atoms with van der Waals surface area (Å²) < 4.78 is 11.5. The Morgan fingerprint density at radius 3 is 2.44 bits per heavy atom. The van der Waals surface area contributed by atoms with Gasteiger partial charge in [0, 0.05) is 16.5 Å². The quantitative estimate of drug-likeness (QED) is 0.636. The zero-order valence-corrected chi connectivity index (χ0v) is 15.4. The van der Waals surface area contributed by atoms with Gasteiger partial charge in [0.15, 0.2) is 5.75 Å². The number of anilines is 1. The molecule has 0 saturated carbocycles. The number of carbonyl (C=O) groups excluding carboxylic acids is 1. The van der Waals surface area contributed by atoms with Crippen molar-refractivity contribution in [3.63, 3.8) is 0 Å². The Bertz CT molecular complexity index is 980. The van der Waals surface area contributed by atoms with E-state index in [0.717, 1.165) is 22.4 Å². The van der Waals surface area contributed by atoms with Crippen LogP contribution in [-0.2, 0) is 16.8 Å². The zero-order chi connectivity index (χ0) is 18.9. The van der Waals surface area contributed by atoms with Gasteiger partial charge < -0.3 is 9.47 Å². The molecule has 1 N–H and O–H groups in total. The van der Waals surface area contributed by atoms with Gasteiger partial charge in [-0.2, -0.15) is 0 Å². The Morgan fingerprint density at radius 1 is 0.926 bits per heavy atom. The molecule has 4 heteroatoms. The topological polar surface area (TPSA) is 47.6 Å². The van der Waals surface area contributed by atoms with Crippen LogP contribution in [0.5, 0.6) is 11.5 Å². The van der Waals surface area contributed by atoms with E-state index in [1.54, 1.807) is 0 Å². The van der Waals surface area contributed by atoms with Gasteiger partial charge in [-0.05, 0) is 17.7 Å². The number of rotatable bonds is 3. The lowest BCUT2D eigenvalue weighted by atomic mass is 9.75. The fraction of sp³-hybridized carbons (Fsp3) is 0.174. The molecule has 3 aromatic rings. The Morgan fingerprint density at radius 2 is 1.63 bits per heavy atom. The SMILES string of the molecule is CC1(C)c2ccccc2Oc2c(NC(=O)OCc3ccccc3)cccc21. The highest BCUT2D eigenvalue weighted by atomic mass is 16.5. The first-order valence-electron chi connectivity index (χ1n) is 8.94. The van der Waals surface area contributed by atoms with Crippen molar-refractivity contribution in [1.82, 2.24) is 0 Å². The lowest BCUT2D eigenvalue weighted by Gasteiger charge is -2.35. The van der Waals surface area contributed by atoms with Crippen molar-refractivity contribution in [3.05, 3.63) is 89.5 Å². The number of benzene rings is 3. The molecule has 4 nitrogen and oxygen atoms in total. The Kier molecular flexibility index (Phi) is 4.32. The second-order valence-corrected chi connectivity index (χ2v) is 7.09. The van der Waals surface area contributed by atoms with Crippen molar-refractivity contribution >= 4 is 11.8 Å². The van der Waals surface area contributed by atoms with Gasteiger partial charge in [0.25, 0.3) is 0 Å². The van der Waals surface area contributed by atoms with Gasteiger partial charge in [-0.3, -0.25) is 5.32 Å². The van der Waals surface area contributed by atoms with Gasteiger partial charge >= 0.3 is 6.09 Å². The van der Waals surface area contributed by atoms with E-state index in [1.165, 1.54) is 0 Å². The summed E-state index contributed by atoms with van der Waals surface area (Å²) in [5, 5.41) is 2.82. The molecule has 1 aliphatic heterocycles. The molecule has 1 amide bonds. The van der Waals surface area contributed by atoms with Gasteiger partial charge in [-0.1, -0.05) is 74.5 Å². The molecular formula is C23H21NO3. The highest BCUT2D eigenvalue weighted by Crippen LogP contribution is 2.50. The molecule has 0 spiro atoms. The van der Waals surface area contributed by atoms with E-state index >= 15 is 0 Å². The third-order valence-corrected chi connectivity index (χ3v) is 4.91. The predicted molar refractivity (Wildman–Crippen MR) is 105 cm³/mol. The fourth-order valence-corrected chi connectivity index (χ4v) is 3.43. The van der Waals surface area contributed by atoms with Gasteiger partial charge in [0.2, 0.25) is 0 Å². The summed E-state index contributed by atoms with van der Waals surface area (Å²) in [5.74, 6) is 1.47. The minimum absolute atomic E-state index is 0.219. The lowest BCUT2D eigenvalue weighted by Crippen LogP contribution is -2.25. The standard InChI is InChI=1S/C23H21NO3/c1-23(2)17-11-6-7-14-20(17)27-21-18(23)12-8-13-19(21)24-22(25)26-15-16-9-4-3-5-10-16/h3-14H,15H2,1-2H3,(H,24,25). The van der Waals surface area contributed by atoms with Crippen molar-refractivity contribution in [3.8, 4) is 11.5 Å². The average molecular weight is 359 g/mol. The molecule has 0 unspecified atom stereocenters. The molecule has 4 rings (SSSR count). The normalized spacial score (nSPS) is 13.7. The summed E-state index contributed by atoms with van der Waals surface area (Å²) in [4.78, 5) is 12.3. The van der Waals surface area contributed by atoms with Gasteiger partial charge in [0.1, 0.15) is 12.4 Å². The second-order valence-electron chi connectivity index (χ2n) is 7.09. The fourth-order valence-electron chi connectivity index (χ4n) is 3.43. The highest BCUT2D eigenvalue weighted by Gasteiger charge is 2.35. The summed E-state index contributed by atoms with van der Waals surface area (Å²) in [6, 6.07) is 23.4. The van der Waals surface area contributed by atoms with Crippen molar-refractivity contribution in [2.45, 2.75) is 25.9 Å². The summed E-state index contributed by atoms with van der Waals surface area (Å²) in [7, 11) is 0. The first-order valence-corrected chi connectivity index (χ1v) is 8.94. The predicted octanol–water partition coefficient (Wildman–Crippen LogP) is 5.87. The Balaban J connectivity index is 1.57. The monoisotopic (exact) mass is 359 g/mol. The van der Waals surface area contributed by atoms with Crippen LogP contribution in [0.25, 0.3) is 0 Å². The van der Waals surface area contributed by atoms with Crippen LogP contribution in [0.4, 0.5) is 10.5 Å². The van der Waals surface area contributed by atoms with E-state index in [-0.39, 0.29) is 12.0 Å². The van der Waals surface area contributed by atoms with E-state index < -0.39 is 6.09 Å². The van der Waals surface area contributed by atoms with E-state index in [0.29, 0.717) is 11.4 Å². The van der Waals surface area contributed by atoms with Crippen molar-refractivity contribution in [1.29, 1.82) is 0 Å². The number of ether oxygens (including phenoxy) is 2. The number of hydrogen-bond donors (Lipinski definition) is 1. The largest absolute Gasteiger partial charge is 0.455 e. The summed E-state index contributed by atoms with van der Waals surface area (Å²) in [6.07, 6.45) is -0.507. The molecule has 3 aromatic carbocycles. The first kappa shape index (κ1) is 17.2. The van der Waals surface area contributed by atoms with Crippen LogP contribution in [0.1, 0.15) is 30.5 Å². The van der Waals surface area contributed by atoms with E-state index in [9.17, 15) is 4.79 Å². The molecule has 27 heavy (non-hydrogen) atoms. The molecule has 0 atom stereocenters. The Labute approximate surface area is 158 Å². The molecule has 0 radical (unpaired) electrons. The number of amides is 1. The molecule has 1 aliphatic rings. The van der Waals surface area contributed by atoms with Crippen LogP contribution in [-0.4, -0.2) is 6.09 Å².